The van der Waals surface area contributed by atoms with Gasteiger partial charge < -0.3 is 9.64 Å². The van der Waals surface area contributed by atoms with E-state index in [2.05, 4.69) is 20.0 Å². The number of rotatable bonds is 6. The Morgan fingerprint density at radius 1 is 1.33 bits per heavy atom. The zero-order valence-corrected chi connectivity index (χ0v) is 15.1. The number of carbonyl (C=O) groups excluding carboxylic acids is 1. The molecule has 0 bridgehead atoms. The first-order chi connectivity index (χ1) is 12.8. The number of aryl methyl sites for hydroxylation is 2. The lowest BCUT2D eigenvalue weighted by molar-refractivity contribution is -0.0498. The molecular weight excluding hydrogens is 356 g/mol. The van der Waals surface area contributed by atoms with Gasteiger partial charge in [-0.15, -0.1) is 0 Å². The van der Waals surface area contributed by atoms with Crippen LogP contribution in [0.1, 0.15) is 21.7 Å². The molecule has 0 fully saturated rings. The number of aromatic amines is 1. The molecule has 0 aliphatic rings. The van der Waals surface area contributed by atoms with E-state index < -0.39 is 6.61 Å². The van der Waals surface area contributed by atoms with E-state index in [1.807, 2.05) is 20.2 Å². The van der Waals surface area contributed by atoms with Crippen LogP contribution in [-0.4, -0.2) is 44.4 Å². The minimum atomic E-state index is -2.87. The summed E-state index contributed by atoms with van der Waals surface area (Å²) in [5.74, 6) is -0.151. The lowest BCUT2D eigenvalue weighted by Crippen LogP contribution is -2.26. The molecule has 0 radical (unpaired) electrons. The van der Waals surface area contributed by atoms with Crippen molar-refractivity contribution in [2.24, 2.45) is 7.05 Å². The SMILES string of the molecule is Cc1nn(C)cc1CN(C)C(=O)c1cc(-c2ccc(OC(F)F)cc2)n[nH]1. The molecule has 0 aliphatic carbocycles. The second-order valence-electron chi connectivity index (χ2n) is 6.14. The number of benzene rings is 1. The largest absolute Gasteiger partial charge is 0.435 e. The van der Waals surface area contributed by atoms with Gasteiger partial charge in [-0.05, 0) is 37.3 Å². The van der Waals surface area contributed by atoms with Crippen LogP contribution in [0.25, 0.3) is 11.3 Å². The van der Waals surface area contributed by atoms with Crippen molar-refractivity contribution in [3.63, 3.8) is 0 Å². The maximum absolute atomic E-state index is 12.6. The van der Waals surface area contributed by atoms with Crippen molar-refractivity contribution < 1.29 is 18.3 Å². The molecular formula is C18H19F2N5O2. The van der Waals surface area contributed by atoms with Crippen LogP contribution in [0.15, 0.2) is 36.5 Å². The topological polar surface area (TPSA) is 76.0 Å². The van der Waals surface area contributed by atoms with Gasteiger partial charge in [0.2, 0.25) is 0 Å². The Bertz CT molecular complexity index is 934. The fourth-order valence-corrected chi connectivity index (χ4v) is 2.72. The van der Waals surface area contributed by atoms with Gasteiger partial charge in [-0.2, -0.15) is 19.0 Å². The van der Waals surface area contributed by atoms with E-state index in [-0.39, 0.29) is 11.7 Å². The smallest absolute Gasteiger partial charge is 0.387 e. The number of H-pyrrole nitrogens is 1. The van der Waals surface area contributed by atoms with E-state index in [0.29, 0.717) is 23.5 Å². The summed E-state index contributed by atoms with van der Waals surface area (Å²) < 4.78 is 30.4. The molecule has 0 spiro atoms. The quantitative estimate of drug-likeness (QED) is 0.719. The molecule has 2 heterocycles. The predicted molar refractivity (Wildman–Crippen MR) is 94.4 cm³/mol. The Morgan fingerprint density at radius 3 is 2.63 bits per heavy atom. The number of aromatic nitrogens is 4. The highest BCUT2D eigenvalue weighted by Gasteiger charge is 2.17. The molecule has 2 aromatic heterocycles. The van der Waals surface area contributed by atoms with E-state index in [9.17, 15) is 13.6 Å². The molecule has 0 saturated heterocycles. The minimum absolute atomic E-state index is 0.0622. The summed E-state index contributed by atoms with van der Waals surface area (Å²) in [7, 11) is 3.53. The Balaban J connectivity index is 1.70. The highest BCUT2D eigenvalue weighted by Crippen LogP contribution is 2.23. The van der Waals surface area contributed by atoms with Gasteiger partial charge in [-0.25, -0.2) is 0 Å². The molecule has 27 heavy (non-hydrogen) atoms. The molecule has 1 amide bonds. The number of alkyl halides is 2. The number of amides is 1. The number of carbonyl (C=O) groups is 1. The van der Waals surface area contributed by atoms with Gasteiger partial charge in [0.1, 0.15) is 11.4 Å². The molecule has 0 atom stereocenters. The summed E-state index contributed by atoms with van der Waals surface area (Å²) >= 11 is 0. The Morgan fingerprint density at radius 2 is 2.04 bits per heavy atom. The van der Waals surface area contributed by atoms with E-state index in [0.717, 1.165) is 11.3 Å². The molecule has 0 unspecified atom stereocenters. The zero-order chi connectivity index (χ0) is 19.6. The van der Waals surface area contributed by atoms with E-state index in [1.165, 1.54) is 12.1 Å². The normalized spacial score (nSPS) is 11.0. The lowest BCUT2D eigenvalue weighted by atomic mass is 10.1. The fraction of sp³-hybridized carbons (Fsp3) is 0.278. The minimum Gasteiger partial charge on any atom is -0.435 e. The van der Waals surface area contributed by atoms with Gasteiger partial charge in [0.25, 0.3) is 5.91 Å². The van der Waals surface area contributed by atoms with Crippen molar-refractivity contribution in [1.82, 2.24) is 24.9 Å². The highest BCUT2D eigenvalue weighted by atomic mass is 19.3. The lowest BCUT2D eigenvalue weighted by Gasteiger charge is -2.15. The van der Waals surface area contributed by atoms with Gasteiger partial charge in [0, 0.05) is 38.0 Å². The summed E-state index contributed by atoms with van der Waals surface area (Å²) in [6.07, 6.45) is 1.88. The van der Waals surface area contributed by atoms with Crippen molar-refractivity contribution in [2.75, 3.05) is 7.05 Å². The van der Waals surface area contributed by atoms with Crippen molar-refractivity contribution in [3.8, 4) is 17.0 Å². The van der Waals surface area contributed by atoms with Crippen molar-refractivity contribution in [1.29, 1.82) is 0 Å². The first-order valence-electron chi connectivity index (χ1n) is 8.18. The summed E-state index contributed by atoms with van der Waals surface area (Å²) in [4.78, 5) is 14.2. The van der Waals surface area contributed by atoms with Crippen LogP contribution < -0.4 is 4.74 Å². The number of hydrogen-bond acceptors (Lipinski definition) is 4. The number of halogens is 2. The highest BCUT2D eigenvalue weighted by molar-refractivity contribution is 5.93. The van der Waals surface area contributed by atoms with E-state index in [1.54, 1.807) is 34.8 Å². The molecule has 1 N–H and O–H groups in total. The third-order valence-corrected chi connectivity index (χ3v) is 4.05. The fourth-order valence-electron chi connectivity index (χ4n) is 2.72. The average molecular weight is 375 g/mol. The summed E-state index contributed by atoms with van der Waals surface area (Å²) in [5.41, 5.74) is 3.38. The Kier molecular flexibility index (Phi) is 5.20. The molecule has 0 aliphatic heterocycles. The Hall–Kier alpha value is -3.23. The average Bonchev–Trinajstić information content (AvgIpc) is 3.21. The molecule has 1 aromatic carbocycles. The van der Waals surface area contributed by atoms with Crippen molar-refractivity contribution >= 4 is 5.91 Å². The number of hydrogen-bond donors (Lipinski definition) is 1. The second-order valence-corrected chi connectivity index (χ2v) is 6.14. The number of ether oxygens (including phenoxy) is 1. The monoisotopic (exact) mass is 375 g/mol. The maximum atomic E-state index is 12.6. The van der Waals surface area contributed by atoms with Crippen LogP contribution in [0.2, 0.25) is 0 Å². The van der Waals surface area contributed by atoms with Gasteiger partial charge >= 0.3 is 6.61 Å². The molecule has 3 rings (SSSR count). The van der Waals surface area contributed by atoms with Crippen LogP contribution in [0.3, 0.4) is 0 Å². The predicted octanol–water partition coefficient (Wildman–Crippen LogP) is 2.99. The van der Waals surface area contributed by atoms with Crippen molar-refractivity contribution in [3.05, 3.63) is 53.5 Å². The Labute approximate surface area is 154 Å². The third-order valence-electron chi connectivity index (χ3n) is 4.05. The van der Waals surface area contributed by atoms with Gasteiger partial charge in [-0.3, -0.25) is 14.6 Å². The standard InChI is InChI=1S/C18H19F2N5O2/c1-11-13(10-25(3)23-11)9-24(2)17(26)16-8-15(21-22-16)12-4-6-14(7-5-12)27-18(19)20/h4-8,10,18H,9H2,1-3H3,(H,21,22). The van der Waals surface area contributed by atoms with E-state index in [4.69, 9.17) is 0 Å². The van der Waals surface area contributed by atoms with E-state index >= 15 is 0 Å². The summed E-state index contributed by atoms with van der Waals surface area (Å²) in [6.45, 7) is -0.556. The van der Waals surface area contributed by atoms with Crippen LogP contribution in [0.4, 0.5) is 8.78 Å². The number of nitrogens with zero attached hydrogens (tertiary/aromatic N) is 4. The molecule has 3 aromatic rings. The molecule has 9 heteroatoms. The van der Waals surface area contributed by atoms with Crippen LogP contribution >= 0.6 is 0 Å². The zero-order valence-electron chi connectivity index (χ0n) is 15.1. The van der Waals surface area contributed by atoms with Crippen molar-refractivity contribution in [2.45, 2.75) is 20.1 Å². The number of nitrogens with one attached hydrogen (secondary N) is 1. The molecule has 7 nitrogen and oxygen atoms in total. The van der Waals surface area contributed by atoms with Gasteiger partial charge in [0.15, 0.2) is 0 Å². The first kappa shape index (κ1) is 18.6. The maximum Gasteiger partial charge on any atom is 0.387 e. The molecule has 0 saturated carbocycles. The molecule has 142 valence electrons. The van der Waals surface area contributed by atoms with Gasteiger partial charge in [-0.1, -0.05) is 0 Å². The second kappa shape index (κ2) is 7.56. The van der Waals surface area contributed by atoms with Crippen LogP contribution in [0, 0.1) is 6.92 Å². The van der Waals surface area contributed by atoms with Crippen LogP contribution in [0.5, 0.6) is 5.75 Å². The van der Waals surface area contributed by atoms with Crippen LogP contribution in [-0.2, 0) is 13.6 Å². The summed E-state index contributed by atoms with van der Waals surface area (Å²) in [6, 6.07) is 7.68. The van der Waals surface area contributed by atoms with Gasteiger partial charge in [0.05, 0.1) is 11.4 Å². The summed E-state index contributed by atoms with van der Waals surface area (Å²) in [5, 5.41) is 11.1. The third kappa shape index (κ3) is 4.30. The first-order valence-corrected chi connectivity index (χ1v) is 8.18.